The van der Waals surface area contributed by atoms with Crippen molar-refractivity contribution in [2.45, 2.75) is 0 Å². The maximum atomic E-state index is 12.8. The molecule has 0 saturated carbocycles. The molecule has 1 aromatic carbocycles. The number of benzene rings is 1. The molecule has 0 aromatic heterocycles. The van der Waals surface area contributed by atoms with Crippen molar-refractivity contribution in [2.75, 3.05) is 0 Å². The van der Waals surface area contributed by atoms with Crippen LogP contribution in [0.5, 0.6) is 0 Å². The zero-order valence-corrected chi connectivity index (χ0v) is 11.3. The van der Waals surface area contributed by atoms with E-state index >= 15 is 0 Å². The van der Waals surface area contributed by atoms with Crippen molar-refractivity contribution in [3.05, 3.63) is 41.1 Å². The van der Waals surface area contributed by atoms with Crippen molar-refractivity contribution in [3.8, 4) is 0 Å². The van der Waals surface area contributed by atoms with Crippen LogP contribution in [0.25, 0.3) is 6.08 Å². The third-order valence-corrected chi connectivity index (χ3v) is 1.52. The number of halogens is 6. The summed E-state index contributed by atoms with van der Waals surface area (Å²) in [5.74, 6) is -4.41. The normalized spacial score (nSPS) is 11.6. The first kappa shape index (κ1) is 16.2. The van der Waals surface area contributed by atoms with E-state index in [0.29, 0.717) is 12.1 Å². The van der Waals surface area contributed by atoms with Crippen LogP contribution in [0.3, 0.4) is 0 Å². The second-order valence-electron chi connectivity index (χ2n) is 2.78. The largest absolute Gasteiger partial charge is 1.00 e. The van der Waals surface area contributed by atoms with Crippen molar-refractivity contribution < 1.29 is 77.5 Å². The van der Waals surface area contributed by atoms with E-state index in [1.54, 1.807) is 0 Å². The van der Waals surface area contributed by atoms with Crippen LogP contribution < -0.4 is 51.4 Å². The first-order valence-corrected chi connectivity index (χ1v) is 3.83. The molecule has 0 unspecified atom stereocenters. The monoisotopic (exact) mass is 264 g/mol. The summed E-state index contributed by atoms with van der Waals surface area (Å²) < 4.78 is 73.1. The van der Waals surface area contributed by atoms with Gasteiger partial charge in [-0.15, -0.1) is 5.98 Å². The van der Waals surface area contributed by atoms with Crippen LogP contribution >= 0.6 is 0 Å². The smallest absolute Gasteiger partial charge is 0.445 e. The standard InChI is InChI=1S/C8H4BF6.K/c10-6-3-5(1-2-9(13,14)15)8(12)7(11)4-6;/h1-4H;/q-1;+1/b2-1+;. The summed E-state index contributed by atoms with van der Waals surface area (Å²) in [6.07, 6.45) is 0.293. The van der Waals surface area contributed by atoms with Crippen LogP contribution in [0.15, 0.2) is 18.1 Å². The fourth-order valence-electron chi connectivity index (χ4n) is 0.910. The van der Waals surface area contributed by atoms with E-state index in [1.807, 2.05) is 0 Å². The third kappa shape index (κ3) is 5.05. The number of rotatable bonds is 2. The zero-order chi connectivity index (χ0) is 11.6. The van der Waals surface area contributed by atoms with Gasteiger partial charge in [0.15, 0.2) is 11.6 Å². The predicted octanol–water partition coefficient (Wildman–Crippen LogP) is 0.508. The molecule has 82 valence electrons. The van der Waals surface area contributed by atoms with E-state index in [4.69, 9.17) is 0 Å². The van der Waals surface area contributed by atoms with Crippen LogP contribution in [0, 0.1) is 17.5 Å². The zero-order valence-electron chi connectivity index (χ0n) is 8.15. The van der Waals surface area contributed by atoms with Gasteiger partial charge in [-0.2, -0.15) is 0 Å². The Morgan fingerprint density at radius 3 is 2.06 bits per heavy atom. The first-order valence-electron chi connectivity index (χ1n) is 3.83. The molecule has 1 aromatic rings. The Hall–Kier alpha value is 0.241. The molecule has 0 aliphatic carbocycles. The molecule has 1 rings (SSSR count). The van der Waals surface area contributed by atoms with Gasteiger partial charge < -0.3 is 12.9 Å². The molecule has 0 aliphatic rings. The van der Waals surface area contributed by atoms with E-state index in [2.05, 4.69) is 0 Å². The number of hydrogen-bond donors (Lipinski definition) is 0. The third-order valence-electron chi connectivity index (χ3n) is 1.52. The fraction of sp³-hybridized carbons (Fsp3) is 0. The molecule has 0 atom stereocenters. The number of hydrogen-bond acceptors (Lipinski definition) is 0. The topological polar surface area (TPSA) is 0 Å². The van der Waals surface area contributed by atoms with Crippen molar-refractivity contribution in [3.63, 3.8) is 0 Å². The molecule has 0 aliphatic heterocycles. The van der Waals surface area contributed by atoms with Gasteiger partial charge in [-0.1, -0.05) is 6.08 Å². The van der Waals surface area contributed by atoms with Crippen LogP contribution in [-0.4, -0.2) is 6.98 Å². The van der Waals surface area contributed by atoms with Gasteiger partial charge in [0.2, 0.25) is 0 Å². The quantitative estimate of drug-likeness (QED) is 0.415. The Morgan fingerprint density at radius 2 is 1.56 bits per heavy atom. The summed E-state index contributed by atoms with van der Waals surface area (Å²) in [7, 11) is 0. The summed E-state index contributed by atoms with van der Waals surface area (Å²) in [6, 6.07) is 0.738. The summed E-state index contributed by atoms with van der Waals surface area (Å²) >= 11 is 0. The Balaban J connectivity index is 0.00000225. The maximum absolute atomic E-state index is 12.8. The molecule has 16 heavy (non-hydrogen) atoms. The van der Waals surface area contributed by atoms with Gasteiger partial charge in [-0.3, -0.25) is 0 Å². The minimum absolute atomic E-state index is 0. The van der Waals surface area contributed by atoms with Gasteiger partial charge in [0.25, 0.3) is 0 Å². The second-order valence-corrected chi connectivity index (χ2v) is 2.78. The van der Waals surface area contributed by atoms with E-state index in [1.165, 1.54) is 0 Å². The average Bonchev–Trinajstić information content (AvgIpc) is 2.07. The molecule has 0 radical (unpaired) electrons. The first-order chi connectivity index (χ1) is 6.79. The van der Waals surface area contributed by atoms with Gasteiger partial charge in [0.05, 0.1) is 0 Å². The average molecular weight is 264 g/mol. The van der Waals surface area contributed by atoms with E-state index in [9.17, 15) is 26.1 Å². The van der Waals surface area contributed by atoms with Gasteiger partial charge in [-0.25, -0.2) is 13.2 Å². The second kappa shape index (κ2) is 6.25. The molecule has 0 nitrogen and oxygen atoms in total. The minimum Gasteiger partial charge on any atom is -0.445 e. The minimum atomic E-state index is -5.26. The SMILES string of the molecule is Fc1cc(F)c(F)c(/C=C/[B-](F)(F)F)c1.[K+]. The fourth-order valence-corrected chi connectivity index (χ4v) is 0.910. The Kier molecular flexibility index (Phi) is 6.34. The van der Waals surface area contributed by atoms with Crippen molar-refractivity contribution in [1.29, 1.82) is 0 Å². The summed E-state index contributed by atoms with van der Waals surface area (Å²) in [5.41, 5.74) is -0.772. The van der Waals surface area contributed by atoms with Crippen molar-refractivity contribution in [2.24, 2.45) is 0 Å². The molecule has 0 saturated heterocycles. The summed E-state index contributed by atoms with van der Waals surface area (Å²) in [5, 5.41) is 0. The van der Waals surface area contributed by atoms with Crippen LogP contribution in [-0.2, 0) is 0 Å². The van der Waals surface area contributed by atoms with Crippen LogP contribution in [0.1, 0.15) is 5.56 Å². The molecule has 0 amide bonds. The summed E-state index contributed by atoms with van der Waals surface area (Å²) in [4.78, 5) is 0. The molecule has 0 N–H and O–H groups in total. The summed E-state index contributed by atoms with van der Waals surface area (Å²) in [6.45, 7) is -5.26. The molecule has 0 fully saturated rings. The van der Waals surface area contributed by atoms with E-state index in [-0.39, 0.29) is 63.4 Å². The molecule has 0 heterocycles. The van der Waals surface area contributed by atoms with Gasteiger partial charge in [0.1, 0.15) is 5.82 Å². The van der Waals surface area contributed by atoms with Gasteiger partial charge in [-0.05, 0) is 6.07 Å². The molecule has 0 bridgehead atoms. The van der Waals surface area contributed by atoms with E-state index in [0.717, 1.165) is 0 Å². The Morgan fingerprint density at radius 1 is 1.00 bits per heavy atom. The van der Waals surface area contributed by atoms with Crippen LogP contribution in [0.2, 0.25) is 0 Å². The van der Waals surface area contributed by atoms with Gasteiger partial charge >= 0.3 is 58.4 Å². The van der Waals surface area contributed by atoms with E-state index < -0.39 is 30.0 Å². The molecular weight excluding hydrogens is 260 g/mol. The van der Waals surface area contributed by atoms with Crippen LogP contribution in [0.4, 0.5) is 26.1 Å². The maximum Gasteiger partial charge on any atom is 1.00 e. The Labute approximate surface area is 130 Å². The molecular formula is C8H4BF6K. The van der Waals surface area contributed by atoms with Gasteiger partial charge in [0, 0.05) is 11.6 Å². The molecule has 0 spiro atoms. The molecule has 8 heteroatoms. The van der Waals surface area contributed by atoms with Crippen molar-refractivity contribution >= 4 is 13.1 Å². The van der Waals surface area contributed by atoms with Crippen molar-refractivity contribution in [1.82, 2.24) is 0 Å². The predicted molar refractivity (Wildman–Crippen MR) is 44.4 cm³/mol. The Bertz CT molecular complexity index is 400.